The third kappa shape index (κ3) is 3.78. The van der Waals surface area contributed by atoms with Gasteiger partial charge in [0.15, 0.2) is 0 Å². The molecule has 2 aromatic heterocycles. The Balaban J connectivity index is 2.05. The van der Waals surface area contributed by atoms with Gasteiger partial charge >= 0.3 is 0 Å². The van der Waals surface area contributed by atoms with Gasteiger partial charge < -0.3 is 10.1 Å². The maximum absolute atomic E-state index is 5.86. The molecule has 4 nitrogen and oxygen atoms in total. The van der Waals surface area contributed by atoms with Gasteiger partial charge in [-0.15, -0.1) is 0 Å². The Kier molecular flexibility index (Phi) is 5.07. The molecule has 0 unspecified atom stereocenters. The summed E-state index contributed by atoms with van der Waals surface area (Å²) < 4.78 is 5.86. The van der Waals surface area contributed by atoms with Gasteiger partial charge in [-0.3, -0.25) is 4.98 Å². The van der Waals surface area contributed by atoms with Gasteiger partial charge in [-0.1, -0.05) is 6.07 Å². The quantitative estimate of drug-likeness (QED) is 0.876. The standard InChI is InChI=1S/C16H21N3O/c1-12-10-13(2)19-16(15(12)11-17-3)20-9-7-14-6-4-5-8-18-14/h4-6,8,10,17H,7,9,11H2,1-3H3. The van der Waals surface area contributed by atoms with Gasteiger partial charge in [0, 0.05) is 36.1 Å². The summed E-state index contributed by atoms with van der Waals surface area (Å²) in [6.45, 7) is 5.43. The summed E-state index contributed by atoms with van der Waals surface area (Å²) in [5, 5.41) is 3.16. The molecule has 0 fully saturated rings. The van der Waals surface area contributed by atoms with Gasteiger partial charge in [-0.2, -0.15) is 0 Å². The minimum absolute atomic E-state index is 0.587. The van der Waals surface area contributed by atoms with Gasteiger partial charge in [-0.25, -0.2) is 4.98 Å². The van der Waals surface area contributed by atoms with E-state index in [4.69, 9.17) is 4.74 Å². The molecule has 0 bridgehead atoms. The summed E-state index contributed by atoms with van der Waals surface area (Å²) in [7, 11) is 1.93. The van der Waals surface area contributed by atoms with Gasteiger partial charge in [0.1, 0.15) is 0 Å². The highest BCUT2D eigenvalue weighted by Crippen LogP contribution is 2.21. The number of nitrogens with zero attached hydrogens (tertiary/aromatic N) is 2. The maximum Gasteiger partial charge on any atom is 0.218 e. The molecule has 0 aromatic carbocycles. The summed E-state index contributed by atoms with van der Waals surface area (Å²) in [5.74, 6) is 0.729. The second-order valence-corrected chi connectivity index (χ2v) is 4.81. The highest BCUT2D eigenvalue weighted by molar-refractivity contribution is 5.35. The molecule has 0 aliphatic heterocycles. The number of pyridine rings is 2. The molecule has 2 rings (SSSR count). The highest BCUT2D eigenvalue weighted by Gasteiger charge is 2.09. The van der Waals surface area contributed by atoms with Crippen LogP contribution < -0.4 is 10.1 Å². The Hall–Kier alpha value is -1.94. The van der Waals surface area contributed by atoms with E-state index in [1.807, 2.05) is 32.2 Å². The van der Waals surface area contributed by atoms with Crippen molar-refractivity contribution < 1.29 is 4.74 Å². The SMILES string of the molecule is CNCc1c(C)cc(C)nc1OCCc1ccccn1. The van der Waals surface area contributed by atoms with E-state index >= 15 is 0 Å². The van der Waals surface area contributed by atoms with Crippen LogP contribution in [0.3, 0.4) is 0 Å². The first-order valence-electron chi connectivity index (χ1n) is 6.85. The summed E-state index contributed by atoms with van der Waals surface area (Å²) in [6, 6.07) is 8.00. The number of ether oxygens (including phenoxy) is 1. The monoisotopic (exact) mass is 271 g/mol. The minimum Gasteiger partial charge on any atom is -0.477 e. The van der Waals surface area contributed by atoms with Gasteiger partial charge in [0.2, 0.25) is 5.88 Å². The van der Waals surface area contributed by atoms with Crippen LogP contribution >= 0.6 is 0 Å². The normalized spacial score (nSPS) is 10.6. The lowest BCUT2D eigenvalue weighted by atomic mass is 10.1. The molecular weight excluding hydrogens is 250 g/mol. The molecule has 20 heavy (non-hydrogen) atoms. The molecule has 0 atom stereocenters. The average Bonchev–Trinajstić information content (AvgIpc) is 2.43. The Morgan fingerprint density at radius 2 is 2.10 bits per heavy atom. The number of hydrogen-bond donors (Lipinski definition) is 1. The van der Waals surface area contributed by atoms with Crippen molar-refractivity contribution in [1.82, 2.24) is 15.3 Å². The van der Waals surface area contributed by atoms with E-state index in [1.54, 1.807) is 6.20 Å². The molecular formula is C16H21N3O. The molecule has 0 saturated heterocycles. The van der Waals surface area contributed by atoms with Crippen molar-refractivity contribution in [2.45, 2.75) is 26.8 Å². The topological polar surface area (TPSA) is 47.0 Å². The number of hydrogen-bond acceptors (Lipinski definition) is 4. The van der Waals surface area contributed by atoms with E-state index in [9.17, 15) is 0 Å². The fourth-order valence-electron chi connectivity index (χ4n) is 2.14. The zero-order chi connectivity index (χ0) is 14.4. The molecule has 0 spiro atoms. The van der Waals surface area contributed by atoms with Gasteiger partial charge in [-0.05, 0) is 44.7 Å². The van der Waals surface area contributed by atoms with Crippen LogP contribution in [0.5, 0.6) is 5.88 Å². The Bertz CT molecular complexity index is 555. The van der Waals surface area contributed by atoms with Crippen LogP contribution in [0.25, 0.3) is 0 Å². The molecule has 0 aliphatic carbocycles. The molecule has 0 aliphatic rings. The van der Waals surface area contributed by atoms with Crippen LogP contribution in [0.1, 0.15) is 22.5 Å². The lowest BCUT2D eigenvalue weighted by Crippen LogP contribution is -2.12. The van der Waals surface area contributed by atoms with Gasteiger partial charge in [0.25, 0.3) is 0 Å². The van der Waals surface area contributed by atoms with E-state index in [-0.39, 0.29) is 0 Å². The van der Waals surface area contributed by atoms with E-state index in [2.05, 4.69) is 28.3 Å². The maximum atomic E-state index is 5.86. The third-order valence-electron chi connectivity index (χ3n) is 3.11. The molecule has 2 aromatic rings. The Morgan fingerprint density at radius 1 is 1.25 bits per heavy atom. The third-order valence-corrected chi connectivity index (χ3v) is 3.11. The second-order valence-electron chi connectivity index (χ2n) is 4.81. The fourth-order valence-corrected chi connectivity index (χ4v) is 2.14. The molecule has 0 amide bonds. The summed E-state index contributed by atoms with van der Waals surface area (Å²) in [4.78, 5) is 8.79. The van der Waals surface area contributed by atoms with Crippen LogP contribution in [0.2, 0.25) is 0 Å². The minimum atomic E-state index is 0.587. The van der Waals surface area contributed by atoms with Gasteiger partial charge in [0.05, 0.1) is 6.61 Å². The van der Waals surface area contributed by atoms with Crippen LogP contribution in [0, 0.1) is 13.8 Å². The van der Waals surface area contributed by atoms with Crippen LogP contribution in [-0.4, -0.2) is 23.6 Å². The van der Waals surface area contributed by atoms with E-state index in [0.717, 1.165) is 35.8 Å². The van der Waals surface area contributed by atoms with E-state index in [0.29, 0.717) is 6.61 Å². The highest BCUT2D eigenvalue weighted by atomic mass is 16.5. The molecule has 4 heteroatoms. The van der Waals surface area contributed by atoms with Crippen molar-refractivity contribution >= 4 is 0 Å². The van der Waals surface area contributed by atoms with E-state index in [1.165, 1.54) is 5.56 Å². The van der Waals surface area contributed by atoms with Crippen molar-refractivity contribution in [1.29, 1.82) is 0 Å². The predicted molar refractivity (Wildman–Crippen MR) is 79.9 cm³/mol. The first-order valence-corrected chi connectivity index (χ1v) is 6.85. The second kappa shape index (κ2) is 7.01. The molecule has 1 N–H and O–H groups in total. The van der Waals surface area contributed by atoms with Crippen molar-refractivity contribution in [2.75, 3.05) is 13.7 Å². The number of aryl methyl sites for hydroxylation is 2. The first kappa shape index (κ1) is 14.5. The molecule has 106 valence electrons. The molecule has 2 heterocycles. The predicted octanol–water partition coefficient (Wildman–Crippen LogP) is 2.43. The molecule has 0 radical (unpaired) electrons. The van der Waals surface area contributed by atoms with Crippen LogP contribution in [0.15, 0.2) is 30.5 Å². The largest absolute Gasteiger partial charge is 0.477 e. The van der Waals surface area contributed by atoms with Crippen molar-refractivity contribution in [3.05, 3.63) is 53.0 Å². The first-order chi connectivity index (χ1) is 9.70. The zero-order valence-electron chi connectivity index (χ0n) is 12.3. The summed E-state index contributed by atoms with van der Waals surface area (Å²) >= 11 is 0. The zero-order valence-corrected chi connectivity index (χ0v) is 12.3. The van der Waals surface area contributed by atoms with Crippen molar-refractivity contribution in [2.24, 2.45) is 0 Å². The lowest BCUT2D eigenvalue weighted by Gasteiger charge is -2.13. The van der Waals surface area contributed by atoms with Crippen molar-refractivity contribution in [3.8, 4) is 5.88 Å². The molecule has 0 saturated carbocycles. The Labute approximate surface area is 120 Å². The van der Waals surface area contributed by atoms with Crippen LogP contribution in [0.4, 0.5) is 0 Å². The lowest BCUT2D eigenvalue weighted by molar-refractivity contribution is 0.303. The number of rotatable bonds is 6. The number of aromatic nitrogens is 2. The Morgan fingerprint density at radius 3 is 2.80 bits per heavy atom. The smallest absolute Gasteiger partial charge is 0.218 e. The average molecular weight is 271 g/mol. The van der Waals surface area contributed by atoms with E-state index < -0.39 is 0 Å². The summed E-state index contributed by atoms with van der Waals surface area (Å²) in [5.41, 5.74) is 4.35. The van der Waals surface area contributed by atoms with Crippen molar-refractivity contribution in [3.63, 3.8) is 0 Å². The summed E-state index contributed by atoms with van der Waals surface area (Å²) in [6.07, 6.45) is 2.59. The number of nitrogens with one attached hydrogen (secondary N) is 1. The fraction of sp³-hybridized carbons (Fsp3) is 0.375. The van der Waals surface area contributed by atoms with Crippen LogP contribution in [-0.2, 0) is 13.0 Å².